The summed E-state index contributed by atoms with van der Waals surface area (Å²) in [7, 11) is 3.45. The minimum Gasteiger partial charge on any atom is -0.347 e. The zero-order valence-electron chi connectivity index (χ0n) is 48.3. The molecule has 18 heteroatoms. The molecule has 4 aliphatic rings. The number of amides is 6. The summed E-state index contributed by atoms with van der Waals surface area (Å²) in [5, 5.41) is 28.8. The van der Waals surface area contributed by atoms with E-state index in [0.717, 1.165) is 118 Å². The Morgan fingerprint density at radius 1 is 0.500 bits per heavy atom. The quantitative estimate of drug-likeness (QED) is 0.0480. The third kappa shape index (κ3) is 13.0. The number of nitrogens with one attached hydrogen (secondary N) is 6. The second-order valence-corrected chi connectivity index (χ2v) is 25.2. The van der Waals surface area contributed by atoms with Gasteiger partial charge in [-0.3, -0.25) is 28.8 Å². The topological polar surface area (TPSA) is 207 Å². The number of hydrogen-bond donors (Lipinski definition) is 6. The summed E-state index contributed by atoms with van der Waals surface area (Å²) in [5.41, 5.74) is 4.24. The van der Waals surface area contributed by atoms with Gasteiger partial charge in [0.05, 0.1) is 35.6 Å². The Hall–Kier alpha value is -7.38. The number of likely N-dealkylation sites (tertiary alicyclic amines) is 2. The van der Waals surface area contributed by atoms with Gasteiger partial charge in [0, 0.05) is 58.2 Å². The highest BCUT2D eigenvalue weighted by atomic mass is 32.1. The van der Waals surface area contributed by atoms with Crippen LogP contribution in [0.25, 0.3) is 44.1 Å². The smallest absolute Gasteiger partial charge is 0.251 e. The molecule has 2 saturated carbocycles. The maximum Gasteiger partial charge on any atom is 0.251 e. The maximum atomic E-state index is 15.1. The summed E-state index contributed by atoms with van der Waals surface area (Å²) in [5.74, 6) is -1.57. The van der Waals surface area contributed by atoms with Crippen molar-refractivity contribution in [1.82, 2.24) is 51.7 Å². The van der Waals surface area contributed by atoms with Crippen LogP contribution < -0.4 is 31.9 Å². The lowest BCUT2D eigenvalue weighted by Crippen LogP contribution is -2.56. The first-order valence-corrected chi connectivity index (χ1v) is 31.8. The third-order valence-corrected chi connectivity index (χ3v) is 19.9. The second kappa shape index (κ2) is 26.3. The predicted octanol–water partition coefficient (Wildman–Crippen LogP) is 9.73. The molecule has 16 nitrogen and oxygen atoms in total. The fraction of sp³-hybridized carbons (Fsp3) is 0.424. The van der Waals surface area contributed by atoms with E-state index in [2.05, 4.69) is 92.6 Å². The Labute approximate surface area is 499 Å². The number of carbonyl (C=O) groups excluding carboxylic acids is 6. The Balaban J connectivity index is 0.807. The van der Waals surface area contributed by atoms with E-state index >= 15 is 9.59 Å². The van der Waals surface area contributed by atoms with Crippen LogP contribution in [0.5, 0.6) is 0 Å². The molecule has 4 heterocycles. The molecule has 84 heavy (non-hydrogen) atoms. The molecule has 2 aromatic heterocycles. The average Bonchev–Trinajstić information content (AvgIpc) is 4.58. The Bertz CT molecular complexity index is 3290. The first-order chi connectivity index (χ1) is 40.8. The Kier molecular flexibility index (Phi) is 18.3. The van der Waals surface area contributed by atoms with Gasteiger partial charge in [-0.05, 0) is 136 Å². The van der Waals surface area contributed by atoms with Crippen LogP contribution >= 0.6 is 22.7 Å². The molecule has 6 N–H and O–H groups in total. The van der Waals surface area contributed by atoms with Gasteiger partial charge in [-0.2, -0.15) is 0 Å². The molecule has 0 unspecified atom stereocenters. The number of benzene rings is 5. The van der Waals surface area contributed by atoms with Crippen LogP contribution in [-0.4, -0.2) is 119 Å². The zero-order chi connectivity index (χ0) is 58.4. The van der Waals surface area contributed by atoms with Crippen LogP contribution in [0.3, 0.4) is 0 Å². The van der Waals surface area contributed by atoms with E-state index in [-0.39, 0.29) is 60.4 Å². The number of rotatable bonds is 18. The highest BCUT2D eigenvalue weighted by Gasteiger charge is 2.46. The number of aromatic nitrogens is 2. The van der Waals surface area contributed by atoms with E-state index in [9.17, 15) is 19.2 Å². The first kappa shape index (κ1) is 58.4. The summed E-state index contributed by atoms with van der Waals surface area (Å²) in [4.78, 5) is 99.7. The summed E-state index contributed by atoms with van der Waals surface area (Å²) in [6.45, 7) is 4.00. The van der Waals surface area contributed by atoms with Gasteiger partial charge < -0.3 is 41.7 Å². The van der Waals surface area contributed by atoms with Crippen LogP contribution in [0.1, 0.15) is 134 Å². The fourth-order valence-corrected chi connectivity index (χ4v) is 14.8. The molecule has 0 radical (unpaired) electrons. The van der Waals surface area contributed by atoms with Crippen LogP contribution in [0.4, 0.5) is 0 Å². The molecular weight excluding hydrogens is 1090 g/mol. The van der Waals surface area contributed by atoms with Gasteiger partial charge in [-0.25, -0.2) is 9.97 Å². The largest absolute Gasteiger partial charge is 0.347 e. The zero-order valence-corrected chi connectivity index (χ0v) is 49.9. The summed E-state index contributed by atoms with van der Waals surface area (Å²) in [6.07, 6.45) is 10.3. The van der Waals surface area contributed by atoms with E-state index in [1.807, 2.05) is 44.8 Å². The molecule has 438 valence electrons. The molecule has 0 spiro atoms. The van der Waals surface area contributed by atoms with Crippen molar-refractivity contribution in [2.24, 2.45) is 11.8 Å². The third-order valence-electron chi connectivity index (χ3n) is 18.0. The van der Waals surface area contributed by atoms with Crippen LogP contribution in [-0.2, 0) is 19.2 Å². The molecule has 4 fully saturated rings. The van der Waals surface area contributed by atoms with Crippen molar-refractivity contribution in [2.45, 2.75) is 139 Å². The summed E-state index contributed by atoms with van der Waals surface area (Å²) >= 11 is 2.98. The molecule has 5 aromatic carbocycles. The normalized spacial score (nSPS) is 21.0. The molecule has 8 atom stereocenters. The monoisotopic (exact) mass is 1170 g/mol. The van der Waals surface area contributed by atoms with Crippen molar-refractivity contribution in [3.63, 3.8) is 0 Å². The number of likely N-dealkylation sites (N-methyl/N-ethyl adjacent to an activating group) is 2. The fourth-order valence-electron chi connectivity index (χ4n) is 12.9. The van der Waals surface area contributed by atoms with Gasteiger partial charge in [0.2, 0.25) is 23.6 Å². The molecule has 0 bridgehead atoms. The van der Waals surface area contributed by atoms with Crippen molar-refractivity contribution in [2.75, 3.05) is 27.2 Å². The van der Waals surface area contributed by atoms with Crippen LogP contribution in [0.15, 0.2) is 120 Å². The standard InChI is InChI=1S/C66H76N10O6S2/c1-39(67-3)59(77)73-57(43-17-7-5-8-18-43)65(81)75-35-51(33-55(75)63-71-53(37-83-63)49-29-23-41-15-11-13-21-47(41)31-49)69-61(79)45-25-27-46(28-26-45)62(80)70-52-34-56(64-72-54(38-84-64)50-30-24-42-16-12-14-22-48(42)32-50)76(36-52)66(82)58(44-19-9-6-10-20-44)74-60(78)40(2)68-4/h11-16,21-32,37-40,43-44,51-52,55-58,67-68H,5-10,17-20,33-36H2,1-4H3,(H,69,79)(H,70,80)(H,73,77)(H,74,78)/t39-,40-,51-,52-,55-,56-,57-,58-/m0/s1. The molecule has 6 amide bonds. The van der Waals surface area contributed by atoms with Crippen molar-refractivity contribution in [3.05, 3.63) is 141 Å². The second-order valence-electron chi connectivity index (χ2n) is 23.5. The lowest BCUT2D eigenvalue weighted by molar-refractivity contribution is -0.139. The van der Waals surface area contributed by atoms with Gasteiger partial charge in [0.25, 0.3) is 11.8 Å². The SMILES string of the molecule is CN[C@@H](C)C(=O)N[C@H](C(=O)N1C[C@@H](NC(=O)c2ccc(C(=O)N[C@H]3C[C@@H](c4nc(-c5ccc6ccccc6c5)cs4)N(C(=O)[C@@H](NC(=O)[C@H](C)NC)C4CCCCC4)C3)cc2)C[C@H]1c1nc(-c2ccc3ccccc3c2)cs1)C1CCCCC1. The minimum absolute atomic E-state index is 0.0248. The molecular formula is C66H76N10O6S2. The lowest BCUT2D eigenvalue weighted by Gasteiger charge is -2.35. The van der Waals surface area contributed by atoms with Gasteiger partial charge >= 0.3 is 0 Å². The average molecular weight is 1170 g/mol. The molecule has 2 aliphatic carbocycles. The van der Waals surface area contributed by atoms with E-state index in [0.29, 0.717) is 24.0 Å². The molecule has 2 aliphatic heterocycles. The van der Waals surface area contributed by atoms with Gasteiger partial charge in [-0.1, -0.05) is 111 Å². The van der Waals surface area contributed by atoms with E-state index < -0.39 is 48.3 Å². The number of nitrogens with zero attached hydrogens (tertiary/aromatic N) is 4. The molecule has 2 saturated heterocycles. The van der Waals surface area contributed by atoms with Crippen molar-refractivity contribution in [3.8, 4) is 22.5 Å². The van der Waals surface area contributed by atoms with Crippen molar-refractivity contribution in [1.29, 1.82) is 0 Å². The number of thiazole rings is 2. The van der Waals surface area contributed by atoms with Crippen LogP contribution in [0, 0.1) is 11.8 Å². The van der Waals surface area contributed by atoms with Gasteiger partial charge in [0.15, 0.2) is 0 Å². The van der Waals surface area contributed by atoms with Gasteiger partial charge in [0.1, 0.15) is 22.1 Å². The number of carbonyl (C=O) groups is 6. The first-order valence-electron chi connectivity index (χ1n) is 30.0. The Morgan fingerprint density at radius 3 is 1.26 bits per heavy atom. The van der Waals surface area contributed by atoms with Crippen LogP contribution in [0.2, 0.25) is 0 Å². The summed E-state index contributed by atoms with van der Waals surface area (Å²) in [6, 6.07) is 31.2. The minimum atomic E-state index is -0.734. The highest BCUT2D eigenvalue weighted by molar-refractivity contribution is 7.10. The van der Waals surface area contributed by atoms with E-state index in [1.54, 1.807) is 52.2 Å². The predicted molar refractivity (Wildman–Crippen MR) is 331 cm³/mol. The lowest BCUT2D eigenvalue weighted by atomic mass is 9.83. The van der Waals surface area contributed by atoms with E-state index in [4.69, 9.17) is 9.97 Å². The maximum absolute atomic E-state index is 15.1. The molecule has 11 rings (SSSR count). The highest BCUT2D eigenvalue weighted by Crippen LogP contribution is 2.41. The van der Waals surface area contributed by atoms with Crippen molar-refractivity contribution >= 4 is 79.7 Å². The summed E-state index contributed by atoms with van der Waals surface area (Å²) < 4.78 is 0. The molecule has 7 aromatic rings. The Morgan fingerprint density at radius 2 is 0.881 bits per heavy atom. The van der Waals surface area contributed by atoms with E-state index in [1.165, 1.54) is 22.7 Å². The number of hydrogen-bond acceptors (Lipinski definition) is 12. The van der Waals surface area contributed by atoms with Crippen molar-refractivity contribution < 1.29 is 28.8 Å². The van der Waals surface area contributed by atoms with Gasteiger partial charge in [-0.15, -0.1) is 22.7 Å². The number of fused-ring (bicyclic) bond motifs is 2.